The fourth-order valence-corrected chi connectivity index (χ4v) is 3.21. The van der Waals surface area contributed by atoms with Crippen LogP contribution in [-0.2, 0) is 0 Å². The first-order valence-corrected chi connectivity index (χ1v) is 7.15. The van der Waals surface area contributed by atoms with Crippen LogP contribution in [0.4, 0.5) is 8.78 Å². The van der Waals surface area contributed by atoms with Crippen molar-refractivity contribution in [2.24, 2.45) is 5.92 Å². The number of nitrogens with one attached hydrogen (secondary N) is 1. The molecule has 1 saturated heterocycles. The smallest absolute Gasteiger partial charge is 0.128 e. The Labute approximate surface area is 137 Å². The van der Waals surface area contributed by atoms with E-state index in [1.165, 1.54) is 24.6 Å². The fourth-order valence-electron chi connectivity index (χ4n) is 3.21. The van der Waals surface area contributed by atoms with Gasteiger partial charge in [-0.25, -0.2) is 8.78 Å². The summed E-state index contributed by atoms with van der Waals surface area (Å²) in [7, 11) is 0. The lowest BCUT2D eigenvalue weighted by molar-refractivity contribution is 0.0809. The van der Waals surface area contributed by atoms with Gasteiger partial charge >= 0.3 is 0 Å². The average Bonchev–Trinajstić information content (AvgIpc) is 2.38. The van der Waals surface area contributed by atoms with Crippen molar-refractivity contribution in [1.29, 1.82) is 0 Å². The maximum Gasteiger partial charge on any atom is 0.128 e. The van der Waals surface area contributed by atoms with Crippen LogP contribution in [0.3, 0.4) is 0 Å². The number of benzene rings is 1. The van der Waals surface area contributed by atoms with E-state index in [1.54, 1.807) is 0 Å². The monoisotopic (exact) mass is 338 g/mol. The van der Waals surface area contributed by atoms with Crippen LogP contribution < -0.4 is 5.32 Å². The lowest BCUT2D eigenvalue weighted by Crippen LogP contribution is -2.48. The Kier molecular flexibility index (Phi) is 7.34. The molecule has 0 spiro atoms. The van der Waals surface area contributed by atoms with E-state index in [9.17, 15) is 8.78 Å². The van der Waals surface area contributed by atoms with Crippen molar-refractivity contribution in [2.75, 3.05) is 26.2 Å². The number of hydrogen-bond donors (Lipinski definition) is 1. The van der Waals surface area contributed by atoms with Crippen molar-refractivity contribution >= 4 is 24.8 Å². The van der Waals surface area contributed by atoms with Crippen molar-refractivity contribution in [3.8, 4) is 0 Å². The summed E-state index contributed by atoms with van der Waals surface area (Å²) in [5.74, 6) is -0.123. The van der Waals surface area contributed by atoms with Gasteiger partial charge in [-0.1, -0.05) is 6.42 Å². The maximum absolute atomic E-state index is 14.1. The molecule has 1 aromatic rings. The van der Waals surface area contributed by atoms with Gasteiger partial charge in [0.1, 0.15) is 11.6 Å². The highest BCUT2D eigenvalue weighted by Gasteiger charge is 2.35. The maximum atomic E-state index is 14.1. The quantitative estimate of drug-likeness (QED) is 0.906. The summed E-state index contributed by atoms with van der Waals surface area (Å²) < 4.78 is 27.5. The third kappa shape index (κ3) is 4.07. The van der Waals surface area contributed by atoms with Gasteiger partial charge in [-0.05, 0) is 37.0 Å². The Morgan fingerprint density at radius 3 is 2.33 bits per heavy atom. The van der Waals surface area contributed by atoms with Crippen LogP contribution in [-0.4, -0.2) is 31.1 Å². The molecule has 1 aliphatic heterocycles. The molecule has 1 aromatic carbocycles. The van der Waals surface area contributed by atoms with E-state index in [-0.39, 0.29) is 42.5 Å². The molecule has 1 saturated carbocycles. The molecule has 2 fully saturated rings. The molecule has 0 amide bonds. The van der Waals surface area contributed by atoms with Gasteiger partial charge in [0.2, 0.25) is 0 Å². The van der Waals surface area contributed by atoms with E-state index in [1.807, 2.05) is 0 Å². The van der Waals surface area contributed by atoms with E-state index in [0.717, 1.165) is 39.0 Å². The molecule has 21 heavy (non-hydrogen) atoms. The van der Waals surface area contributed by atoms with Gasteiger partial charge in [0.05, 0.1) is 0 Å². The lowest BCUT2D eigenvalue weighted by Gasteiger charge is -2.43. The number of hydrogen-bond acceptors (Lipinski definition) is 2. The van der Waals surface area contributed by atoms with Crippen LogP contribution in [0.1, 0.15) is 30.9 Å². The predicted octanol–water partition coefficient (Wildman–Crippen LogP) is 3.55. The van der Waals surface area contributed by atoms with E-state index >= 15 is 0 Å². The first-order chi connectivity index (χ1) is 9.25. The summed E-state index contributed by atoms with van der Waals surface area (Å²) in [6.07, 6.45) is 3.47. The Bertz CT molecular complexity index is 449. The van der Waals surface area contributed by atoms with E-state index < -0.39 is 0 Å². The third-order valence-corrected chi connectivity index (χ3v) is 4.42. The zero-order chi connectivity index (χ0) is 13.2. The van der Waals surface area contributed by atoms with Gasteiger partial charge in [-0.2, -0.15) is 0 Å². The normalized spacial score (nSPS) is 20.9. The van der Waals surface area contributed by atoms with Crippen molar-refractivity contribution in [3.63, 3.8) is 0 Å². The van der Waals surface area contributed by atoms with Crippen LogP contribution in [0.2, 0.25) is 0 Å². The molecule has 0 bridgehead atoms. The Balaban J connectivity index is 0.00000110. The Morgan fingerprint density at radius 1 is 1.10 bits per heavy atom. The minimum atomic E-state index is -0.337. The minimum absolute atomic E-state index is 0. The second-order valence-electron chi connectivity index (χ2n) is 5.59. The molecule has 0 aromatic heterocycles. The third-order valence-electron chi connectivity index (χ3n) is 4.42. The summed E-state index contributed by atoms with van der Waals surface area (Å²) in [6.45, 7) is 3.69. The summed E-state index contributed by atoms with van der Waals surface area (Å²) >= 11 is 0. The second-order valence-corrected chi connectivity index (χ2v) is 5.59. The van der Waals surface area contributed by atoms with Crippen molar-refractivity contribution < 1.29 is 8.78 Å². The van der Waals surface area contributed by atoms with Gasteiger partial charge in [0.25, 0.3) is 0 Å². The zero-order valence-electron chi connectivity index (χ0n) is 11.9. The van der Waals surface area contributed by atoms with Gasteiger partial charge in [-0.15, -0.1) is 24.8 Å². The summed E-state index contributed by atoms with van der Waals surface area (Å²) in [5.41, 5.74) is 0.548. The van der Waals surface area contributed by atoms with Gasteiger partial charge in [0, 0.05) is 37.8 Å². The average molecular weight is 339 g/mol. The molecule has 120 valence electrons. The molecule has 2 nitrogen and oxygen atoms in total. The standard InChI is InChI=1S/C15H20F2N2.2ClH/c16-12-4-5-14(17)13(10-12)15(11-2-1-3-11)19-8-6-18-7-9-19;;/h4-5,10-11,15,18H,1-3,6-9H2;2*1H/t15-;;/m0../s1. The molecule has 1 aliphatic carbocycles. The summed E-state index contributed by atoms with van der Waals surface area (Å²) in [4.78, 5) is 2.32. The molecule has 3 rings (SSSR count). The van der Waals surface area contributed by atoms with Gasteiger partial charge < -0.3 is 5.32 Å². The van der Waals surface area contributed by atoms with E-state index in [2.05, 4.69) is 10.2 Å². The minimum Gasteiger partial charge on any atom is -0.314 e. The predicted molar refractivity (Wildman–Crippen MR) is 85.4 cm³/mol. The zero-order valence-corrected chi connectivity index (χ0v) is 13.5. The SMILES string of the molecule is Cl.Cl.Fc1ccc(F)c([C@H](C2CCC2)N2CCNCC2)c1. The fraction of sp³-hybridized carbons (Fsp3) is 0.600. The highest BCUT2D eigenvalue weighted by Crippen LogP contribution is 2.42. The molecular formula is C15H22Cl2F2N2. The van der Waals surface area contributed by atoms with Crippen molar-refractivity contribution in [1.82, 2.24) is 10.2 Å². The lowest BCUT2D eigenvalue weighted by atomic mass is 9.76. The first kappa shape index (κ1) is 18.6. The Hall–Kier alpha value is -0.420. The molecule has 0 radical (unpaired) electrons. The van der Waals surface area contributed by atoms with E-state index in [4.69, 9.17) is 0 Å². The molecule has 1 heterocycles. The van der Waals surface area contributed by atoms with Gasteiger partial charge in [-0.3, -0.25) is 4.90 Å². The number of halogens is 4. The Morgan fingerprint density at radius 2 is 1.76 bits per heavy atom. The number of nitrogens with zero attached hydrogens (tertiary/aromatic N) is 1. The van der Waals surface area contributed by atoms with Crippen LogP contribution in [0, 0.1) is 17.6 Å². The van der Waals surface area contributed by atoms with Crippen molar-refractivity contribution in [3.05, 3.63) is 35.4 Å². The molecule has 2 aliphatic rings. The van der Waals surface area contributed by atoms with Crippen molar-refractivity contribution in [2.45, 2.75) is 25.3 Å². The van der Waals surface area contributed by atoms with Gasteiger partial charge in [0.15, 0.2) is 0 Å². The highest BCUT2D eigenvalue weighted by atomic mass is 35.5. The van der Waals surface area contributed by atoms with Crippen LogP contribution >= 0.6 is 24.8 Å². The summed E-state index contributed by atoms with van der Waals surface area (Å²) in [5, 5.41) is 3.31. The second kappa shape index (κ2) is 8.28. The van der Waals surface area contributed by atoms with E-state index in [0.29, 0.717) is 11.5 Å². The number of piperazine rings is 1. The molecule has 0 unspecified atom stereocenters. The molecular weight excluding hydrogens is 317 g/mol. The largest absolute Gasteiger partial charge is 0.314 e. The topological polar surface area (TPSA) is 15.3 Å². The number of rotatable bonds is 3. The molecule has 1 atom stereocenters. The molecule has 1 N–H and O–H groups in total. The van der Waals surface area contributed by atoms with Crippen LogP contribution in [0.25, 0.3) is 0 Å². The van der Waals surface area contributed by atoms with Crippen LogP contribution in [0.5, 0.6) is 0 Å². The summed E-state index contributed by atoms with van der Waals surface area (Å²) in [6, 6.07) is 3.90. The van der Waals surface area contributed by atoms with Crippen LogP contribution in [0.15, 0.2) is 18.2 Å². The highest BCUT2D eigenvalue weighted by molar-refractivity contribution is 5.85. The molecule has 6 heteroatoms. The first-order valence-electron chi connectivity index (χ1n) is 7.15.